The van der Waals surface area contributed by atoms with Crippen molar-refractivity contribution in [2.24, 2.45) is 10.2 Å². The summed E-state index contributed by atoms with van der Waals surface area (Å²) in [5.74, 6) is 0.808. The molecule has 0 atom stereocenters. The molecule has 0 bridgehead atoms. The van der Waals surface area contributed by atoms with Crippen molar-refractivity contribution in [3.05, 3.63) is 48.5 Å². The van der Waals surface area contributed by atoms with Gasteiger partial charge in [0, 0.05) is 25.9 Å². The van der Waals surface area contributed by atoms with Crippen molar-refractivity contribution in [1.29, 1.82) is 0 Å². The number of unbranched alkanes of at least 4 members (excludes halogenated alkanes) is 3. The Bertz CT molecular complexity index is 639. The van der Waals surface area contributed by atoms with Crippen molar-refractivity contribution in [2.75, 3.05) is 32.2 Å². The van der Waals surface area contributed by atoms with E-state index in [-0.39, 0.29) is 0 Å². The summed E-state index contributed by atoms with van der Waals surface area (Å²) < 4.78 is 5.13. The fraction of sp³-hybridized carbons (Fsp3) is 0.400. The Balaban J connectivity index is 1.84. The van der Waals surface area contributed by atoms with Gasteiger partial charge in [-0.3, -0.25) is 0 Å². The van der Waals surface area contributed by atoms with Crippen LogP contribution in [0.3, 0.4) is 0 Å². The molecule has 2 aromatic carbocycles. The van der Waals surface area contributed by atoms with Gasteiger partial charge in [0.2, 0.25) is 0 Å². The van der Waals surface area contributed by atoms with Gasteiger partial charge in [0.05, 0.1) is 18.5 Å². The zero-order valence-corrected chi connectivity index (χ0v) is 15.1. The summed E-state index contributed by atoms with van der Waals surface area (Å²) in [6, 6.07) is 15.6. The highest BCUT2D eigenvalue weighted by Gasteiger charge is 2.01. The number of hydrogen-bond donors (Lipinski definition) is 1. The van der Waals surface area contributed by atoms with Crippen molar-refractivity contribution in [3.8, 4) is 5.75 Å². The number of aliphatic hydroxyl groups excluding tert-OH is 1. The van der Waals surface area contributed by atoms with Crippen LogP contribution in [0.15, 0.2) is 58.8 Å². The number of rotatable bonds is 10. The minimum atomic E-state index is 0.294. The third-order valence-corrected chi connectivity index (χ3v) is 4.05. The molecule has 0 aliphatic heterocycles. The second kappa shape index (κ2) is 10.5. The van der Waals surface area contributed by atoms with Gasteiger partial charge in [-0.1, -0.05) is 12.8 Å². The van der Waals surface area contributed by atoms with Gasteiger partial charge in [0.15, 0.2) is 0 Å². The summed E-state index contributed by atoms with van der Waals surface area (Å²) in [5, 5.41) is 17.3. The second-order valence-corrected chi connectivity index (χ2v) is 5.97. The zero-order valence-electron chi connectivity index (χ0n) is 15.1. The Morgan fingerprint density at radius 2 is 1.40 bits per heavy atom. The molecule has 0 aromatic heterocycles. The lowest BCUT2D eigenvalue weighted by molar-refractivity contribution is 0.282. The molecule has 1 N–H and O–H groups in total. The van der Waals surface area contributed by atoms with Crippen LogP contribution in [0.5, 0.6) is 5.75 Å². The van der Waals surface area contributed by atoms with Crippen molar-refractivity contribution in [1.82, 2.24) is 0 Å². The lowest BCUT2D eigenvalue weighted by Gasteiger charge is -2.19. The van der Waals surface area contributed by atoms with E-state index in [1.165, 1.54) is 5.69 Å². The molecule has 0 saturated heterocycles. The summed E-state index contributed by atoms with van der Waals surface area (Å²) in [5.41, 5.74) is 2.80. The van der Waals surface area contributed by atoms with Gasteiger partial charge in [-0.15, -0.1) is 0 Å². The summed E-state index contributed by atoms with van der Waals surface area (Å²) in [7, 11) is 3.74. The van der Waals surface area contributed by atoms with Crippen molar-refractivity contribution in [2.45, 2.75) is 25.7 Å². The van der Waals surface area contributed by atoms with E-state index in [0.29, 0.717) is 6.61 Å². The number of nitrogens with zero attached hydrogens (tertiary/aromatic N) is 3. The van der Waals surface area contributed by atoms with Crippen LogP contribution in [-0.4, -0.2) is 32.4 Å². The highest BCUT2D eigenvalue weighted by Crippen LogP contribution is 2.23. The SMILES string of the molecule is COc1ccc(N=Nc2ccc(N(C)CCCCCCO)cc2)cc1. The van der Waals surface area contributed by atoms with E-state index in [4.69, 9.17) is 9.84 Å². The predicted octanol–water partition coefficient (Wildman–Crippen LogP) is 5.10. The Morgan fingerprint density at radius 3 is 1.96 bits per heavy atom. The molecule has 25 heavy (non-hydrogen) atoms. The van der Waals surface area contributed by atoms with Gasteiger partial charge in [-0.2, -0.15) is 10.2 Å². The monoisotopic (exact) mass is 341 g/mol. The number of methoxy groups -OCH3 is 1. The van der Waals surface area contributed by atoms with E-state index in [1.807, 2.05) is 36.4 Å². The van der Waals surface area contributed by atoms with Crippen LogP contribution < -0.4 is 9.64 Å². The van der Waals surface area contributed by atoms with Gasteiger partial charge >= 0.3 is 0 Å². The minimum Gasteiger partial charge on any atom is -0.497 e. The number of ether oxygens (including phenoxy) is 1. The van der Waals surface area contributed by atoms with Gasteiger partial charge in [-0.05, 0) is 61.4 Å². The molecule has 0 aliphatic rings. The quantitative estimate of drug-likeness (QED) is 0.483. The van der Waals surface area contributed by atoms with Crippen LogP contribution in [0.25, 0.3) is 0 Å². The molecule has 0 amide bonds. The molecular weight excluding hydrogens is 314 g/mol. The Labute approximate surface area is 150 Å². The summed E-state index contributed by atoms with van der Waals surface area (Å²) in [4.78, 5) is 2.24. The molecule has 0 spiro atoms. The molecule has 0 saturated carbocycles. The number of hydrogen-bond acceptors (Lipinski definition) is 5. The highest BCUT2D eigenvalue weighted by atomic mass is 16.5. The molecule has 0 heterocycles. The van der Waals surface area contributed by atoms with Crippen LogP contribution in [0.4, 0.5) is 17.1 Å². The average molecular weight is 341 g/mol. The normalized spacial score (nSPS) is 11.0. The standard InChI is InChI=1S/C20H27N3O2/c1-23(15-5-3-4-6-16-24)19-11-7-17(8-12-19)21-22-18-9-13-20(25-2)14-10-18/h7-14,24H,3-6,15-16H2,1-2H3. The van der Waals surface area contributed by atoms with Crippen molar-refractivity contribution >= 4 is 17.1 Å². The molecule has 5 nitrogen and oxygen atoms in total. The van der Waals surface area contributed by atoms with Gasteiger partial charge in [-0.25, -0.2) is 0 Å². The first-order chi connectivity index (χ1) is 12.2. The second-order valence-electron chi connectivity index (χ2n) is 5.97. The molecule has 134 valence electrons. The third-order valence-electron chi connectivity index (χ3n) is 4.05. The molecule has 2 aromatic rings. The Kier molecular flexibility index (Phi) is 7.92. The predicted molar refractivity (Wildman–Crippen MR) is 102 cm³/mol. The molecule has 0 radical (unpaired) electrons. The first-order valence-electron chi connectivity index (χ1n) is 8.71. The van der Waals surface area contributed by atoms with Crippen molar-refractivity contribution < 1.29 is 9.84 Å². The van der Waals surface area contributed by atoms with Gasteiger partial charge in [0.25, 0.3) is 0 Å². The van der Waals surface area contributed by atoms with E-state index in [2.05, 4.69) is 34.3 Å². The summed E-state index contributed by atoms with van der Waals surface area (Å²) in [6.07, 6.45) is 4.28. The fourth-order valence-electron chi connectivity index (χ4n) is 2.48. The Hall–Kier alpha value is -2.40. The van der Waals surface area contributed by atoms with Crippen LogP contribution in [-0.2, 0) is 0 Å². The first kappa shape index (κ1) is 18.9. The maximum atomic E-state index is 8.79. The Morgan fingerprint density at radius 1 is 0.840 bits per heavy atom. The van der Waals surface area contributed by atoms with Crippen LogP contribution >= 0.6 is 0 Å². The maximum Gasteiger partial charge on any atom is 0.119 e. The maximum absolute atomic E-state index is 8.79. The molecule has 0 aliphatic carbocycles. The van der Waals surface area contributed by atoms with E-state index in [9.17, 15) is 0 Å². The molecule has 0 fully saturated rings. The van der Waals surface area contributed by atoms with Crippen molar-refractivity contribution in [3.63, 3.8) is 0 Å². The van der Waals surface area contributed by atoms with E-state index >= 15 is 0 Å². The summed E-state index contributed by atoms with van der Waals surface area (Å²) in [6.45, 7) is 1.31. The van der Waals surface area contributed by atoms with Gasteiger partial charge in [0.1, 0.15) is 5.75 Å². The number of azo groups is 1. The molecular formula is C20H27N3O2. The number of benzene rings is 2. The molecule has 5 heteroatoms. The van der Waals surface area contributed by atoms with E-state index in [0.717, 1.165) is 49.4 Å². The lowest BCUT2D eigenvalue weighted by Crippen LogP contribution is -2.18. The van der Waals surface area contributed by atoms with Crippen LogP contribution in [0.2, 0.25) is 0 Å². The molecule has 2 rings (SSSR count). The zero-order chi connectivity index (χ0) is 17.9. The van der Waals surface area contributed by atoms with E-state index < -0.39 is 0 Å². The largest absolute Gasteiger partial charge is 0.497 e. The smallest absolute Gasteiger partial charge is 0.119 e. The highest BCUT2D eigenvalue weighted by molar-refractivity contribution is 5.52. The topological polar surface area (TPSA) is 57.4 Å². The van der Waals surface area contributed by atoms with Crippen LogP contribution in [0.1, 0.15) is 25.7 Å². The summed E-state index contributed by atoms with van der Waals surface area (Å²) >= 11 is 0. The fourth-order valence-corrected chi connectivity index (χ4v) is 2.48. The minimum absolute atomic E-state index is 0.294. The lowest BCUT2D eigenvalue weighted by atomic mass is 10.2. The van der Waals surface area contributed by atoms with Gasteiger partial charge < -0.3 is 14.7 Å². The van der Waals surface area contributed by atoms with Crippen LogP contribution in [0, 0.1) is 0 Å². The number of aliphatic hydroxyl groups is 1. The average Bonchev–Trinajstić information content (AvgIpc) is 2.67. The molecule has 0 unspecified atom stereocenters. The first-order valence-corrected chi connectivity index (χ1v) is 8.71. The number of anilines is 1. The van der Waals surface area contributed by atoms with E-state index in [1.54, 1.807) is 7.11 Å². The third kappa shape index (κ3) is 6.55.